The van der Waals surface area contributed by atoms with Crippen LogP contribution in [0.2, 0.25) is 0 Å². The van der Waals surface area contributed by atoms with Crippen LogP contribution in [0, 0.1) is 23.7 Å². The molecule has 2 N–H and O–H groups in total. The van der Waals surface area contributed by atoms with Crippen molar-refractivity contribution in [3.8, 4) is 0 Å². The lowest BCUT2D eigenvalue weighted by Crippen LogP contribution is -2.41. The fraction of sp³-hybridized carbons (Fsp3) is 0.929. The minimum absolute atomic E-state index is 0. The van der Waals surface area contributed by atoms with Crippen LogP contribution >= 0.6 is 12.4 Å². The van der Waals surface area contributed by atoms with Crippen molar-refractivity contribution in [1.82, 2.24) is 4.90 Å². The lowest BCUT2D eigenvalue weighted by molar-refractivity contribution is -0.134. The zero-order valence-electron chi connectivity index (χ0n) is 11.0. The van der Waals surface area contributed by atoms with Crippen molar-refractivity contribution in [1.29, 1.82) is 0 Å². The topological polar surface area (TPSA) is 46.3 Å². The van der Waals surface area contributed by atoms with Gasteiger partial charge < -0.3 is 10.6 Å². The molecule has 0 aromatic rings. The molecule has 3 atom stereocenters. The Balaban J connectivity index is 0.00000120. The summed E-state index contributed by atoms with van der Waals surface area (Å²) in [6, 6.07) is 0. The zero-order valence-corrected chi connectivity index (χ0v) is 11.8. The Morgan fingerprint density at radius 2 is 2.06 bits per heavy atom. The summed E-state index contributed by atoms with van der Waals surface area (Å²) in [7, 11) is 0. The molecule has 3 aliphatic rings. The van der Waals surface area contributed by atoms with Crippen molar-refractivity contribution in [2.24, 2.45) is 29.4 Å². The Morgan fingerprint density at radius 3 is 2.72 bits per heavy atom. The predicted molar refractivity (Wildman–Crippen MR) is 74.5 cm³/mol. The number of piperidine rings is 1. The van der Waals surface area contributed by atoms with Crippen molar-refractivity contribution in [2.75, 3.05) is 19.6 Å². The predicted octanol–water partition coefficient (Wildman–Crippen LogP) is 2.04. The van der Waals surface area contributed by atoms with Crippen LogP contribution in [-0.2, 0) is 4.79 Å². The lowest BCUT2D eigenvalue weighted by atomic mass is 9.94. The van der Waals surface area contributed by atoms with Crippen LogP contribution in [0.3, 0.4) is 0 Å². The highest BCUT2D eigenvalue weighted by Crippen LogP contribution is 2.55. The number of halogens is 1. The van der Waals surface area contributed by atoms with Crippen molar-refractivity contribution < 1.29 is 4.79 Å². The average molecular weight is 273 g/mol. The normalized spacial score (nSPS) is 34.9. The molecule has 3 rings (SSSR count). The second kappa shape index (κ2) is 5.79. The van der Waals surface area contributed by atoms with Gasteiger partial charge in [-0.25, -0.2) is 0 Å². The number of amides is 1. The molecule has 1 heterocycles. The summed E-state index contributed by atoms with van der Waals surface area (Å²) in [5.74, 6) is 3.20. The number of likely N-dealkylation sites (tertiary alicyclic amines) is 1. The van der Waals surface area contributed by atoms with Gasteiger partial charge in [0.25, 0.3) is 0 Å². The Bertz CT molecular complexity index is 304. The molecule has 4 heteroatoms. The molecule has 0 bridgehead atoms. The summed E-state index contributed by atoms with van der Waals surface area (Å²) in [6.45, 7) is 2.73. The standard InChI is InChI=1S/C14H24N2O.ClH/c15-6-5-10-2-1-7-16(9-10)14(17)13-8-12(13)11-3-4-11;/h10-13H,1-9,15H2;1H. The third-order valence-corrected chi connectivity index (χ3v) is 4.79. The van der Waals surface area contributed by atoms with Gasteiger partial charge in [-0.05, 0) is 62.8 Å². The van der Waals surface area contributed by atoms with Gasteiger partial charge in [0, 0.05) is 19.0 Å². The molecule has 1 saturated heterocycles. The van der Waals surface area contributed by atoms with Crippen LogP contribution in [0.4, 0.5) is 0 Å². The summed E-state index contributed by atoms with van der Waals surface area (Å²) in [5.41, 5.74) is 5.62. The molecule has 0 aromatic carbocycles. The SMILES string of the molecule is Cl.NCCC1CCCN(C(=O)C2CC2C2CC2)C1. The number of carbonyl (C=O) groups is 1. The van der Waals surface area contributed by atoms with Crippen LogP contribution in [0.1, 0.15) is 38.5 Å². The van der Waals surface area contributed by atoms with Crippen LogP contribution in [0.25, 0.3) is 0 Å². The second-order valence-electron chi connectivity index (χ2n) is 6.21. The Hall–Kier alpha value is -0.280. The maximum absolute atomic E-state index is 12.3. The first-order chi connectivity index (χ1) is 8.29. The molecular weight excluding hydrogens is 248 g/mol. The number of carbonyl (C=O) groups excluding carboxylic acids is 1. The molecule has 3 unspecified atom stereocenters. The summed E-state index contributed by atoms with van der Waals surface area (Å²) in [5, 5.41) is 0. The van der Waals surface area contributed by atoms with E-state index in [1.165, 1.54) is 32.1 Å². The first kappa shape index (κ1) is 14.1. The quantitative estimate of drug-likeness (QED) is 0.851. The van der Waals surface area contributed by atoms with E-state index in [1.54, 1.807) is 0 Å². The van der Waals surface area contributed by atoms with Crippen molar-refractivity contribution in [3.63, 3.8) is 0 Å². The Morgan fingerprint density at radius 1 is 1.28 bits per heavy atom. The maximum atomic E-state index is 12.3. The molecule has 0 aromatic heterocycles. The molecule has 1 amide bonds. The molecule has 104 valence electrons. The van der Waals surface area contributed by atoms with Gasteiger partial charge in [0.1, 0.15) is 0 Å². The van der Waals surface area contributed by atoms with Crippen molar-refractivity contribution in [2.45, 2.75) is 38.5 Å². The van der Waals surface area contributed by atoms with Crippen LogP contribution in [0.5, 0.6) is 0 Å². The van der Waals surface area contributed by atoms with E-state index in [2.05, 4.69) is 4.90 Å². The van der Waals surface area contributed by atoms with E-state index in [9.17, 15) is 4.79 Å². The minimum Gasteiger partial charge on any atom is -0.342 e. The number of hydrogen-bond acceptors (Lipinski definition) is 2. The molecular formula is C14H25ClN2O. The number of hydrogen-bond donors (Lipinski definition) is 1. The first-order valence-electron chi connectivity index (χ1n) is 7.28. The van der Waals surface area contributed by atoms with E-state index in [-0.39, 0.29) is 12.4 Å². The van der Waals surface area contributed by atoms with Gasteiger partial charge in [-0.1, -0.05) is 0 Å². The fourth-order valence-electron chi connectivity index (χ4n) is 3.52. The van der Waals surface area contributed by atoms with Gasteiger partial charge in [0.05, 0.1) is 0 Å². The molecule has 3 nitrogen and oxygen atoms in total. The minimum atomic E-state index is 0. The van der Waals surface area contributed by atoms with Crippen LogP contribution in [0.15, 0.2) is 0 Å². The zero-order chi connectivity index (χ0) is 11.8. The maximum Gasteiger partial charge on any atom is 0.225 e. The van der Waals surface area contributed by atoms with Crippen molar-refractivity contribution >= 4 is 18.3 Å². The van der Waals surface area contributed by atoms with Crippen LogP contribution in [-0.4, -0.2) is 30.4 Å². The molecule has 0 spiro atoms. The van der Waals surface area contributed by atoms with Crippen LogP contribution < -0.4 is 5.73 Å². The highest BCUT2D eigenvalue weighted by molar-refractivity contribution is 5.85. The third-order valence-electron chi connectivity index (χ3n) is 4.79. The van der Waals surface area contributed by atoms with E-state index in [0.717, 1.165) is 37.9 Å². The molecule has 18 heavy (non-hydrogen) atoms. The Labute approximate surface area is 116 Å². The summed E-state index contributed by atoms with van der Waals surface area (Å²) >= 11 is 0. The highest BCUT2D eigenvalue weighted by Gasteiger charge is 2.52. The third kappa shape index (κ3) is 3.00. The molecule has 2 saturated carbocycles. The Kier molecular flexibility index (Phi) is 4.54. The summed E-state index contributed by atoms with van der Waals surface area (Å²) in [6.07, 6.45) is 7.46. The van der Waals surface area contributed by atoms with Gasteiger partial charge in [0.15, 0.2) is 0 Å². The van der Waals surface area contributed by atoms with Gasteiger partial charge in [-0.15, -0.1) is 12.4 Å². The van der Waals surface area contributed by atoms with E-state index >= 15 is 0 Å². The second-order valence-corrected chi connectivity index (χ2v) is 6.21. The van der Waals surface area contributed by atoms with E-state index in [1.807, 2.05) is 0 Å². The van der Waals surface area contributed by atoms with E-state index < -0.39 is 0 Å². The monoisotopic (exact) mass is 272 g/mol. The number of nitrogens with zero attached hydrogens (tertiary/aromatic N) is 1. The highest BCUT2D eigenvalue weighted by atomic mass is 35.5. The van der Waals surface area contributed by atoms with Gasteiger partial charge in [-0.2, -0.15) is 0 Å². The number of nitrogens with two attached hydrogens (primary N) is 1. The number of rotatable bonds is 4. The summed E-state index contributed by atoms with van der Waals surface area (Å²) in [4.78, 5) is 14.5. The summed E-state index contributed by atoms with van der Waals surface area (Å²) < 4.78 is 0. The van der Waals surface area contributed by atoms with E-state index in [4.69, 9.17) is 5.73 Å². The molecule has 3 fully saturated rings. The van der Waals surface area contributed by atoms with Gasteiger partial charge in [-0.3, -0.25) is 4.79 Å². The molecule has 0 radical (unpaired) electrons. The smallest absolute Gasteiger partial charge is 0.225 e. The molecule has 2 aliphatic carbocycles. The lowest BCUT2D eigenvalue weighted by Gasteiger charge is -2.33. The average Bonchev–Trinajstić information content (AvgIpc) is 3.18. The fourth-order valence-corrected chi connectivity index (χ4v) is 3.52. The first-order valence-corrected chi connectivity index (χ1v) is 7.28. The van der Waals surface area contributed by atoms with Gasteiger partial charge >= 0.3 is 0 Å². The van der Waals surface area contributed by atoms with Crippen molar-refractivity contribution in [3.05, 3.63) is 0 Å². The van der Waals surface area contributed by atoms with Gasteiger partial charge in [0.2, 0.25) is 5.91 Å². The molecule has 1 aliphatic heterocycles. The van der Waals surface area contributed by atoms with E-state index in [0.29, 0.717) is 17.7 Å². The largest absolute Gasteiger partial charge is 0.342 e.